The van der Waals surface area contributed by atoms with Gasteiger partial charge in [-0.1, -0.05) is 11.6 Å². The van der Waals surface area contributed by atoms with Crippen LogP contribution in [0.25, 0.3) is 0 Å². The van der Waals surface area contributed by atoms with Gasteiger partial charge in [0, 0.05) is 18.9 Å². The van der Waals surface area contributed by atoms with E-state index in [-0.39, 0.29) is 12.5 Å². The average Bonchev–Trinajstić information content (AvgIpc) is 2.15. The summed E-state index contributed by atoms with van der Waals surface area (Å²) >= 11 is 16.7. The summed E-state index contributed by atoms with van der Waals surface area (Å²) in [6, 6.07) is 1.52. The molecule has 0 aromatic carbocycles. The second kappa shape index (κ2) is 5.39. The van der Waals surface area contributed by atoms with Gasteiger partial charge in [0.25, 0.3) is 5.91 Å². The largest absolute Gasteiger partial charge is 0.349 e. The van der Waals surface area contributed by atoms with E-state index in [1.807, 2.05) is 0 Å². The number of halogens is 3. The van der Waals surface area contributed by atoms with Gasteiger partial charge < -0.3 is 5.32 Å². The van der Waals surface area contributed by atoms with E-state index >= 15 is 0 Å². The first-order valence-corrected chi connectivity index (χ1v) is 5.02. The highest BCUT2D eigenvalue weighted by molar-refractivity contribution is 6.44. The van der Waals surface area contributed by atoms with Crippen LogP contribution in [0.5, 0.6) is 0 Å². The number of hydrogen-bond acceptors (Lipinski definition) is 2. The van der Waals surface area contributed by atoms with E-state index in [9.17, 15) is 4.79 Å². The van der Waals surface area contributed by atoms with E-state index in [1.165, 1.54) is 18.5 Å². The number of carbonyl (C=O) groups is 1. The molecule has 1 N–H and O–H groups in total. The summed E-state index contributed by atoms with van der Waals surface area (Å²) in [5, 5.41) is 2.82. The molecule has 3 nitrogen and oxygen atoms in total. The third-order valence-electron chi connectivity index (χ3n) is 1.43. The summed E-state index contributed by atoms with van der Waals surface area (Å²) in [6.07, 6.45) is 2.88. The Balaban J connectivity index is 2.65. The van der Waals surface area contributed by atoms with Gasteiger partial charge in [-0.2, -0.15) is 0 Å². The molecule has 1 amide bonds. The smallest absolute Gasteiger partial charge is 0.253 e. The van der Waals surface area contributed by atoms with E-state index in [2.05, 4.69) is 10.3 Å². The second-order valence-corrected chi connectivity index (χ2v) is 4.14. The van der Waals surface area contributed by atoms with Crippen molar-refractivity contribution in [3.05, 3.63) is 29.0 Å². The van der Waals surface area contributed by atoms with Crippen LogP contribution in [-0.4, -0.2) is 22.3 Å². The van der Waals surface area contributed by atoms with Crippen molar-refractivity contribution in [2.24, 2.45) is 0 Å². The fourth-order valence-electron chi connectivity index (χ4n) is 0.824. The van der Waals surface area contributed by atoms with Crippen molar-refractivity contribution in [2.75, 3.05) is 6.54 Å². The van der Waals surface area contributed by atoms with E-state index < -0.39 is 4.84 Å². The molecule has 0 bridgehead atoms. The summed E-state index contributed by atoms with van der Waals surface area (Å²) in [5.41, 5.74) is 0.357. The quantitative estimate of drug-likeness (QED) is 0.840. The summed E-state index contributed by atoms with van der Waals surface area (Å²) in [7, 11) is 0. The summed E-state index contributed by atoms with van der Waals surface area (Å²) < 4.78 is 0. The van der Waals surface area contributed by atoms with Crippen LogP contribution < -0.4 is 5.32 Å². The minimum absolute atomic E-state index is 0.181. The monoisotopic (exact) mass is 252 g/mol. The molecule has 0 saturated heterocycles. The van der Waals surface area contributed by atoms with Crippen LogP contribution in [0.4, 0.5) is 0 Å². The Labute approximate surface area is 96.4 Å². The molecule has 1 heterocycles. The van der Waals surface area contributed by atoms with Gasteiger partial charge >= 0.3 is 0 Å². The lowest BCUT2D eigenvalue weighted by Crippen LogP contribution is -2.27. The molecule has 0 spiro atoms. The molecule has 0 aliphatic heterocycles. The number of amides is 1. The first-order valence-electron chi connectivity index (χ1n) is 3.77. The number of nitrogens with zero attached hydrogens (tertiary/aromatic N) is 1. The lowest BCUT2D eigenvalue weighted by molar-refractivity contribution is 0.0955. The van der Waals surface area contributed by atoms with Gasteiger partial charge in [-0.05, 0) is 6.07 Å². The standard InChI is InChI=1S/C8H7Cl3N2O/c9-6-3-12-2-1-5(6)8(14)13-4-7(10)11/h1-3,7H,4H2,(H,13,14). The minimum Gasteiger partial charge on any atom is -0.349 e. The zero-order valence-corrected chi connectivity index (χ0v) is 9.27. The Hall–Kier alpha value is -0.510. The summed E-state index contributed by atoms with van der Waals surface area (Å²) in [6.45, 7) is 0.181. The third kappa shape index (κ3) is 3.33. The molecule has 0 radical (unpaired) electrons. The van der Waals surface area contributed by atoms with Gasteiger partial charge in [0.2, 0.25) is 0 Å². The summed E-state index contributed by atoms with van der Waals surface area (Å²) in [5.74, 6) is -0.316. The molecule has 1 aromatic rings. The van der Waals surface area contributed by atoms with Gasteiger partial charge in [-0.25, -0.2) is 0 Å². The minimum atomic E-state index is -0.625. The van der Waals surface area contributed by atoms with Crippen LogP contribution in [-0.2, 0) is 0 Å². The zero-order chi connectivity index (χ0) is 10.6. The molecule has 76 valence electrons. The van der Waals surface area contributed by atoms with E-state index in [0.717, 1.165) is 0 Å². The van der Waals surface area contributed by atoms with Crippen molar-refractivity contribution < 1.29 is 4.79 Å². The Kier molecular flexibility index (Phi) is 4.45. The van der Waals surface area contributed by atoms with E-state index in [1.54, 1.807) is 0 Å². The van der Waals surface area contributed by atoms with Crippen LogP contribution >= 0.6 is 34.8 Å². The Morgan fingerprint density at radius 2 is 2.29 bits per heavy atom. The zero-order valence-electron chi connectivity index (χ0n) is 7.01. The molecule has 0 aliphatic rings. The van der Waals surface area contributed by atoms with Crippen molar-refractivity contribution >= 4 is 40.7 Å². The van der Waals surface area contributed by atoms with Crippen molar-refractivity contribution in [1.82, 2.24) is 10.3 Å². The molecule has 0 fully saturated rings. The number of rotatable bonds is 3. The molecule has 6 heteroatoms. The molecule has 0 unspecified atom stereocenters. The van der Waals surface area contributed by atoms with Crippen molar-refractivity contribution in [3.8, 4) is 0 Å². The number of hydrogen-bond donors (Lipinski definition) is 1. The Bertz CT molecular complexity index is 330. The van der Waals surface area contributed by atoms with Crippen LogP contribution in [0.2, 0.25) is 5.02 Å². The lowest BCUT2D eigenvalue weighted by Gasteiger charge is -2.05. The maximum Gasteiger partial charge on any atom is 0.253 e. The fourth-order valence-corrected chi connectivity index (χ4v) is 1.18. The molecule has 0 aliphatic carbocycles. The predicted octanol–water partition coefficient (Wildman–Crippen LogP) is 2.27. The molecule has 0 atom stereocenters. The van der Waals surface area contributed by atoms with E-state index in [0.29, 0.717) is 10.6 Å². The number of carbonyl (C=O) groups excluding carboxylic acids is 1. The second-order valence-electron chi connectivity index (χ2n) is 2.46. The molecular weight excluding hydrogens is 246 g/mol. The van der Waals surface area contributed by atoms with Gasteiger partial charge in [0.15, 0.2) is 0 Å². The van der Waals surface area contributed by atoms with Crippen molar-refractivity contribution in [1.29, 1.82) is 0 Å². The normalized spacial score (nSPS) is 10.3. The number of alkyl halides is 2. The molecular formula is C8H7Cl3N2O. The lowest BCUT2D eigenvalue weighted by atomic mass is 10.2. The number of aromatic nitrogens is 1. The maximum atomic E-state index is 11.4. The predicted molar refractivity (Wildman–Crippen MR) is 57.1 cm³/mol. The average molecular weight is 254 g/mol. The Morgan fingerprint density at radius 3 is 2.86 bits per heavy atom. The number of nitrogens with one attached hydrogen (secondary N) is 1. The van der Waals surface area contributed by atoms with Gasteiger partial charge in [-0.3, -0.25) is 9.78 Å². The third-order valence-corrected chi connectivity index (χ3v) is 2.04. The highest BCUT2D eigenvalue weighted by Crippen LogP contribution is 2.13. The first-order chi connectivity index (χ1) is 6.61. The van der Waals surface area contributed by atoms with Crippen LogP contribution in [0.15, 0.2) is 18.5 Å². The summed E-state index contributed by atoms with van der Waals surface area (Å²) in [4.78, 5) is 14.6. The van der Waals surface area contributed by atoms with E-state index in [4.69, 9.17) is 34.8 Å². The fraction of sp³-hybridized carbons (Fsp3) is 0.250. The first kappa shape index (κ1) is 11.6. The van der Waals surface area contributed by atoms with Crippen molar-refractivity contribution in [2.45, 2.75) is 4.84 Å². The van der Waals surface area contributed by atoms with Gasteiger partial charge in [0.1, 0.15) is 4.84 Å². The molecule has 14 heavy (non-hydrogen) atoms. The van der Waals surface area contributed by atoms with Crippen molar-refractivity contribution in [3.63, 3.8) is 0 Å². The number of pyridine rings is 1. The molecule has 0 saturated carbocycles. The van der Waals surface area contributed by atoms with Crippen LogP contribution in [0.3, 0.4) is 0 Å². The highest BCUT2D eigenvalue weighted by atomic mass is 35.5. The SMILES string of the molecule is O=C(NCC(Cl)Cl)c1ccncc1Cl. The van der Waals surface area contributed by atoms with Gasteiger partial charge in [0.05, 0.1) is 10.6 Å². The Morgan fingerprint density at radius 1 is 1.57 bits per heavy atom. The molecule has 1 aromatic heterocycles. The van der Waals surface area contributed by atoms with Gasteiger partial charge in [-0.15, -0.1) is 23.2 Å². The topological polar surface area (TPSA) is 42.0 Å². The molecule has 1 rings (SSSR count). The maximum absolute atomic E-state index is 11.4. The van der Waals surface area contributed by atoms with Crippen LogP contribution in [0.1, 0.15) is 10.4 Å². The van der Waals surface area contributed by atoms with Crippen LogP contribution in [0, 0.1) is 0 Å². The highest BCUT2D eigenvalue weighted by Gasteiger charge is 2.10.